The lowest BCUT2D eigenvalue weighted by Crippen LogP contribution is -2.41. The number of rotatable bonds is 4. The van der Waals surface area contributed by atoms with Gasteiger partial charge in [-0.2, -0.15) is 0 Å². The van der Waals surface area contributed by atoms with Crippen LogP contribution in [0.1, 0.15) is 12.8 Å². The number of ether oxygens (including phenoxy) is 1. The smallest absolute Gasteiger partial charge is 0.119 e. The molecule has 1 heterocycles. The van der Waals surface area contributed by atoms with Gasteiger partial charge in [-0.15, -0.1) is 24.8 Å². The van der Waals surface area contributed by atoms with Gasteiger partial charge in [0, 0.05) is 17.6 Å². The van der Waals surface area contributed by atoms with E-state index in [4.69, 9.17) is 22.1 Å². The van der Waals surface area contributed by atoms with Gasteiger partial charge in [0.15, 0.2) is 0 Å². The van der Waals surface area contributed by atoms with Crippen molar-refractivity contribution in [2.45, 2.75) is 18.9 Å². The monoisotopic (exact) mass is 326 g/mol. The SMILES string of the molecule is Cl.Cl.NC1CCN(CCOc2ccc(Cl)cc2)CC1. The summed E-state index contributed by atoms with van der Waals surface area (Å²) in [7, 11) is 0. The highest BCUT2D eigenvalue weighted by atomic mass is 35.5. The number of hydrogen-bond donors (Lipinski definition) is 1. The van der Waals surface area contributed by atoms with E-state index >= 15 is 0 Å². The van der Waals surface area contributed by atoms with E-state index in [1.807, 2.05) is 24.3 Å². The molecule has 1 aromatic rings. The van der Waals surface area contributed by atoms with Crippen molar-refractivity contribution in [3.8, 4) is 5.75 Å². The van der Waals surface area contributed by atoms with Gasteiger partial charge >= 0.3 is 0 Å². The van der Waals surface area contributed by atoms with Crippen LogP contribution in [-0.4, -0.2) is 37.2 Å². The Hall–Kier alpha value is -0.190. The number of hydrogen-bond acceptors (Lipinski definition) is 3. The summed E-state index contributed by atoms with van der Waals surface area (Å²) in [5.74, 6) is 0.878. The van der Waals surface area contributed by atoms with Crippen LogP contribution < -0.4 is 10.5 Å². The molecule has 0 atom stereocenters. The highest BCUT2D eigenvalue weighted by molar-refractivity contribution is 6.30. The maximum Gasteiger partial charge on any atom is 0.119 e. The normalized spacial score (nSPS) is 16.3. The highest BCUT2D eigenvalue weighted by Crippen LogP contribution is 2.15. The van der Waals surface area contributed by atoms with Crippen molar-refractivity contribution in [3.05, 3.63) is 29.3 Å². The fourth-order valence-corrected chi connectivity index (χ4v) is 2.13. The summed E-state index contributed by atoms with van der Waals surface area (Å²) < 4.78 is 5.66. The van der Waals surface area contributed by atoms with Crippen LogP contribution in [0.3, 0.4) is 0 Å². The molecule has 2 rings (SSSR count). The average molecular weight is 328 g/mol. The molecule has 1 aliphatic rings. The van der Waals surface area contributed by atoms with E-state index in [9.17, 15) is 0 Å². The van der Waals surface area contributed by atoms with Crippen LogP contribution in [-0.2, 0) is 0 Å². The first-order chi connectivity index (χ1) is 8.24. The Bertz CT molecular complexity index is 340. The van der Waals surface area contributed by atoms with Crippen LogP contribution in [0.4, 0.5) is 0 Å². The molecule has 0 spiro atoms. The topological polar surface area (TPSA) is 38.5 Å². The van der Waals surface area contributed by atoms with Gasteiger partial charge in [0.1, 0.15) is 12.4 Å². The van der Waals surface area contributed by atoms with Gasteiger partial charge in [0.25, 0.3) is 0 Å². The van der Waals surface area contributed by atoms with Gasteiger partial charge in [-0.05, 0) is 50.2 Å². The van der Waals surface area contributed by atoms with Crippen LogP contribution in [0.5, 0.6) is 5.75 Å². The van der Waals surface area contributed by atoms with E-state index in [0.717, 1.165) is 49.9 Å². The molecule has 3 nitrogen and oxygen atoms in total. The Kier molecular flexibility index (Phi) is 9.58. The fraction of sp³-hybridized carbons (Fsp3) is 0.538. The molecule has 0 unspecified atom stereocenters. The van der Waals surface area contributed by atoms with Gasteiger partial charge in [0.2, 0.25) is 0 Å². The van der Waals surface area contributed by atoms with Crippen molar-refractivity contribution in [3.63, 3.8) is 0 Å². The minimum absolute atomic E-state index is 0. The van der Waals surface area contributed by atoms with Gasteiger partial charge in [0.05, 0.1) is 0 Å². The molecule has 2 N–H and O–H groups in total. The standard InChI is InChI=1S/C13H19ClN2O.2ClH/c14-11-1-3-13(4-2-11)17-10-9-16-7-5-12(15)6-8-16;;/h1-4,12H,5-10,15H2;2*1H. The third-order valence-electron chi connectivity index (χ3n) is 3.12. The van der Waals surface area contributed by atoms with E-state index in [1.54, 1.807) is 0 Å². The zero-order valence-corrected chi connectivity index (χ0v) is 13.1. The average Bonchev–Trinajstić information content (AvgIpc) is 2.34. The summed E-state index contributed by atoms with van der Waals surface area (Å²) in [6.45, 7) is 3.86. The molecule has 0 saturated carbocycles. The molecule has 19 heavy (non-hydrogen) atoms. The Balaban J connectivity index is 0.00000162. The Morgan fingerprint density at radius 2 is 1.74 bits per heavy atom. The molecule has 1 saturated heterocycles. The summed E-state index contributed by atoms with van der Waals surface area (Å²) in [5.41, 5.74) is 5.86. The number of benzene rings is 1. The molecule has 0 bridgehead atoms. The number of piperidine rings is 1. The van der Waals surface area contributed by atoms with Crippen molar-refractivity contribution in [2.24, 2.45) is 5.73 Å². The lowest BCUT2D eigenvalue weighted by molar-refractivity contribution is 0.174. The summed E-state index contributed by atoms with van der Waals surface area (Å²) in [6.07, 6.45) is 2.20. The van der Waals surface area contributed by atoms with Crippen LogP contribution in [0, 0.1) is 0 Å². The first-order valence-corrected chi connectivity index (χ1v) is 6.48. The number of nitrogens with two attached hydrogens (primary N) is 1. The molecular weight excluding hydrogens is 307 g/mol. The largest absolute Gasteiger partial charge is 0.492 e. The second kappa shape index (κ2) is 9.67. The van der Waals surface area contributed by atoms with Crippen molar-refractivity contribution >= 4 is 36.4 Å². The highest BCUT2D eigenvalue weighted by Gasteiger charge is 2.15. The number of nitrogens with zero attached hydrogens (tertiary/aromatic N) is 1. The zero-order chi connectivity index (χ0) is 12.1. The quantitative estimate of drug-likeness (QED) is 0.924. The number of halogens is 3. The first-order valence-electron chi connectivity index (χ1n) is 6.10. The molecule has 1 aliphatic heterocycles. The summed E-state index contributed by atoms with van der Waals surface area (Å²) in [6, 6.07) is 7.87. The molecule has 0 aromatic heterocycles. The molecule has 1 fully saturated rings. The van der Waals surface area contributed by atoms with E-state index < -0.39 is 0 Å². The van der Waals surface area contributed by atoms with Crippen molar-refractivity contribution < 1.29 is 4.74 Å². The first kappa shape index (κ1) is 18.8. The Morgan fingerprint density at radius 3 is 2.32 bits per heavy atom. The molecule has 0 radical (unpaired) electrons. The lowest BCUT2D eigenvalue weighted by Gasteiger charge is -2.29. The van der Waals surface area contributed by atoms with Crippen LogP contribution in [0.2, 0.25) is 5.02 Å². The fourth-order valence-electron chi connectivity index (χ4n) is 2.00. The van der Waals surface area contributed by atoms with Gasteiger partial charge in [-0.25, -0.2) is 0 Å². The van der Waals surface area contributed by atoms with E-state index in [1.165, 1.54) is 0 Å². The summed E-state index contributed by atoms with van der Waals surface area (Å²) in [4.78, 5) is 2.40. The van der Waals surface area contributed by atoms with E-state index in [-0.39, 0.29) is 24.8 Å². The van der Waals surface area contributed by atoms with Crippen molar-refractivity contribution in [1.82, 2.24) is 4.90 Å². The second-order valence-corrected chi connectivity index (χ2v) is 4.92. The summed E-state index contributed by atoms with van der Waals surface area (Å²) in [5, 5.41) is 0.738. The second-order valence-electron chi connectivity index (χ2n) is 4.48. The predicted octanol–water partition coefficient (Wildman–Crippen LogP) is 2.99. The molecular formula is C13H21Cl3N2O. The maximum atomic E-state index is 5.86. The third-order valence-corrected chi connectivity index (χ3v) is 3.37. The van der Waals surface area contributed by atoms with Gasteiger partial charge < -0.3 is 10.5 Å². The zero-order valence-electron chi connectivity index (χ0n) is 10.8. The van der Waals surface area contributed by atoms with Crippen molar-refractivity contribution in [2.75, 3.05) is 26.2 Å². The third kappa shape index (κ3) is 6.68. The van der Waals surface area contributed by atoms with Crippen LogP contribution in [0.25, 0.3) is 0 Å². The predicted molar refractivity (Wildman–Crippen MR) is 85.1 cm³/mol. The Morgan fingerprint density at radius 1 is 1.16 bits per heavy atom. The van der Waals surface area contributed by atoms with Crippen molar-refractivity contribution in [1.29, 1.82) is 0 Å². The van der Waals surface area contributed by atoms with E-state index in [0.29, 0.717) is 6.04 Å². The maximum absolute atomic E-state index is 5.86. The summed E-state index contributed by atoms with van der Waals surface area (Å²) >= 11 is 5.81. The van der Waals surface area contributed by atoms with E-state index in [2.05, 4.69) is 4.90 Å². The molecule has 0 aliphatic carbocycles. The Labute approximate surface area is 132 Å². The van der Waals surface area contributed by atoms with Gasteiger partial charge in [-0.3, -0.25) is 4.90 Å². The van der Waals surface area contributed by atoms with Crippen LogP contribution in [0.15, 0.2) is 24.3 Å². The van der Waals surface area contributed by atoms with Gasteiger partial charge in [-0.1, -0.05) is 11.6 Å². The lowest BCUT2D eigenvalue weighted by atomic mass is 10.1. The number of likely N-dealkylation sites (tertiary alicyclic amines) is 1. The molecule has 110 valence electrons. The van der Waals surface area contributed by atoms with Crippen LogP contribution >= 0.6 is 36.4 Å². The molecule has 1 aromatic carbocycles. The minimum atomic E-state index is 0. The minimum Gasteiger partial charge on any atom is -0.492 e. The molecule has 0 amide bonds. The molecule has 6 heteroatoms.